The maximum absolute atomic E-state index is 9.27. The molecule has 0 heterocycles. The molecule has 0 spiro atoms. The first-order valence-corrected chi connectivity index (χ1v) is 10.4. The second-order valence-electron chi connectivity index (χ2n) is 7.51. The monoisotopic (exact) mass is 362 g/mol. The van der Waals surface area contributed by atoms with Crippen molar-refractivity contribution in [3.05, 3.63) is 0 Å². The molecule has 0 aliphatic heterocycles. The van der Waals surface area contributed by atoms with Gasteiger partial charge in [-0.1, -0.05) is 103 Å². The Kier molecular flexibility index (Phi) is 14.8. The lowest BCUT2D eigenvalue weighted by molar-refractivity contribution is -0.447. The van der Waals surface area contributed by atoms with Crippen molar-refractivity contribution < 1.29 is 25.5 Å². The molecule has 0 aliphatic rings. The van der Waals surface area contributed by atoms with E-state index in [4.69, 9.17) is 15.3 Å². The van der Waals surface area contributed by atoms with E-state index in [2.05, 4.69) is 6.92 Å². The van der Waals surface area contributed by atoms with E-state index in [-0.39, 0.29) is 6.42 Å². The van der Waals surface area contributed by atoms with Gasteiger partial charge in [-0.2, -0.15) is 0 Å². The van der Waals surface area contributed by atoms with Crippen molar-refractivity contribution in [2.24, 2.45) is 0 Å². The Bertz CT molecular complexity index is 286. The third-order valence-electron chi connectivity index (χ3n) is 4.92. The molecule has 0 aromatic carbocycles. The maximum Gasteiger partial charge on any atom is 0.332 e. The minimum absolute atomic E-state index is 0.255. The second kappa shape index (κ2) is 14.9. The van der Waals surface area contributed by atoms with Crippen molar-refractivity contribution in [1.29, 1.82) is 0 Å². The lowest BCUT2D eigenvalue weighted by Crippen LogP contribution is -2.54. The van der Waals surface area contributed by atoms with Gasteiger partial charge in [-0.15, -0.1) is 0 Å². The van der Waals surface area contributed by atoms with E-state index in [1.54, 1.807) is 0 Å². The van der Waals surface area contributed by atoms with Gasteiger partial charge in [0.05, 0.1) is 0 Å². The number of hydrogen-bond acceptors (Lipinski definition) is 5. The Morgan fingerprint density at radius 1 is 0.440 bits per heavy atom. The van der Waals surface area contributed by atoms with Gasteiger partial charge in [-0.25, -0.2) is 0 Å². The summed E-state index contributed by atoms with van der Waals surface area (Å²) in [5.74, 6) is -6.31. The lowest BCUT2D eigenvalue weighted by atomic mass is 10.0. The average Bonchev–Trinajstić information content (AvgIpc) is 2.53. The highest BCUT2D eigenvalue weighted by atomic mass is 16.7. The third kappa shape index (κ3) is 14.6. The van der Waals surface area contributed by atoms with E-state index >= 15 is 0 Å². The van der Waals surface area contributed by atoms with Crippen LogP contribution in [0, 0.1) is 0 Å². The zero-order chi connectivity index (χ0) is 19.0. The summed E-state index contributed by atoms with van der Waals surface area (Å²) in [6, 6.07) is 0. The van der Waals surface area contributed by atoms with Gasteiger partial charge in [0.15, 0.2) is 0 Å². The molecule has 0 unspecified atom stereocenters. The average molecular weight is 363 g/mol. The van der Waals surface area contributed by atoms with Crippen LogP contribution in [0.2, 0.25) is 0 Å². The fourth-order valence-corrected chi connectivity index (χ4v) is 3.09. The van der Waals surface area contributed by atoms with E-state index in [0.29, 0.717) is 6.42 Å². The molecule has 0 atom stereocenters. The first-order chi connectivity index (χ1) is 11.8. The molecule has 5 heteroatoms. The van der Waals surface area contributed by atoms with Crippen molar-refractivity contribution >= 4 is 0 Å². The zero-order valence-corrected chi connectivity index (χ0v) is 16.3. The quantitative estimate of drug-likeness (QED) is 0.188. The molecule has 0 saturated carbocycles. The minimum Gasteiger partial charge on any atom is -0.359 e. The smallest absolute Gasteiger partial charge is 0.332 e. The molecule has 5 N–H and O–H groups in total. The predicted molar refractivity (Wildman–Crippen MR) is 101 cm³/mol. The molecule has 0 aromatic rings. The molecule has 0 amide bonds. The molecule has 0 bridgehead atoms. The van der Waals surface area contributed by atoms with Crippen molar-refractivity contribution in [3.8, 4) is 0 Å². The van der Waals surface area contributed by atoms with Crippen LogP contribution in [0.4, 0.5) is 0 Å². The highest BCUT2D eigenvalue weighted by Crippen LogP contribution is 2.22. The Labute approximate surface area is 154 Å². The summed E-state index contributed by atoms with van der Waals surface area (Å²) in [7, 11) is 0. The molecule has 0 aromatic heterocycles. The SMILES string of the molecule is CCCCCCCCCCCCCCCCCCC(O)(O)C(O)(O)O. The largest absolute Gasteiger partial charge is 0.359 e. The van der Waals surface area contributed by atoms with E-state index in [0.717, 1.165) is 19.3 Å². The number of aliphatic hydroxyl groups is 5. The number of hydrogen-bond donors (Lipinski definition) is 5. The summed E-state index contributed by atoms with van der Waals surface area (Å²) in [6.07, 6.45) is 19.2. The Morgan fingerprint density at radius 2 is 0.720 bits per heavy atom. The summed E-state index contributed by atoms with van der Waals surface area (Å²) in [6.45, 7) is 2.25. The van der Waals surface area contributed by atoms with Crippen LogP contribution in [0.5, 0.6) is 0 Å². The van der Waals surface area contributed by atoms with Gasteiger partial charge in [-0.3, -0.25) is 0 Å². The number of rotatable bonds is 18. The first kappa shape index (κ1) is 24.8. The highest BCUT2D eigenvalue weighted by Gasteiger charge is 2.45. The van der Waals surface area contributed by atoms with E-state index in [9.17, 15) is 10.2 Å². The first-order valence-electron chi connectivity index (χ1n) is 10.4. The molecule has 5 nitrogen and oxygen atoms in total. The minimum atomic E-state index is -3.46. The van der Waals surface area contributed by atoms with Crippen LogP contribution < -0.4 is 0 Å². The molecular weight excluding hydrogens is 320 g/mol. The van der Waals surface area contributed by atoms with Crippen molar-refractivity contribution in [1.82, 2.24) is 0 Å². The summed E-state index contributed by atoms with van der Waals surface area (Å²) in [5, 5.41) is 44.9. The van der Waals surface area contributed by atoms with Crippen LogP contribution >= 0.6 is 0 Å². The van der Waals surface area contributed by atoms with Crippen LogP contribution in [0.25, 0.3) is 0 Å². The Morgan fingerprint density at radius 3 is 1.00 bits per heavy atom. The topological polar surface area (TPSA) is 101 Å². The van der Waals surface area contributed by atoms with Crippen LogP contribution in [0.15, 0.2) is 0 Å². The van der Waals surface area contributed by atoms with Gasteiger partial charge < -0.3 is 25.5 Å². The fraction of sp³-hybridized carbons (Fsp3) is 1.00. The summed E-state index contributed by atoms with van der Waals surface area (Å²) in [4.78, 5) is 0. The maximum atomic E-state index is 9.27. The molecule has 0 saturated heterocycles. The van der Waals surface area contributed by atoms with Gasteiger partial charge in [0, 0.05) is 6.42 Å². The second-order valence-corrected chi connectivity index (χ2v) is 7.51. The zero-order valence-electron chi connectivity index (χ0n) is 16.3. The molecule has 0 aliphatic carbocycles. The number of unbranched alkanes of at least 4 members (excludes halogenated alkanes) is 15. The Hall–Kier alpha value is -0.200. The summed E-state index contributed by atoms with van der Waals surface area (Å²) >= 11 is 0. The molecule has 0 rings (SSSR count). The normalized spacial score (nSPS) is 12.7. The molecule has 25 heavy (non-hydrogen) atoms. The van der Waals surface area contributed by atoms with E-state index in [1.807, 2.05) is 0 Å². The van der Waals surface area contributed by atoms with Gasteiger partial charge >= 0.3 is 5.97 Å². The Balaban J connectivity index is 3.22. The molecular formula is C20H42O5. The van der Waals surface area contributed by atoms with Crippen LogP contribution in [-0.4, -0.2) is 37.3 Å². The summed E-state index contributed by atoms with van der Waals surface area (Å²) < 4.78 is 0. The molecule has 0 radical (unpaired) electrons. The van der Waals surface area contributed by atoms with Crippen molar-refractivity contribution in [2.45, 2.75) is 128 Å². The van der Waals surface area contributed by atoms with E-state index in [1.165, 1.54) is 77.0 Å². The third-order valence-corrected chi connectivity index (χ3v) is 4.92. The molecule has 0 fully saturated rings. The van der Waals surface area contributed by atoms with Crippen molar-refractivity contribution in [3.63, 3.8) is 0 Å². The van der Waals surface area contributed by atoms with Gasteiger partial charge in [0.1, 0.15) is 0 Å². The fourth-order valence-electron chi connectivity index (χ4n) is 3.09. The van der Waals surface area contributed by atoms with Crippen molar-refractivity contribution in [2.75, 3.05) is 0 Å². The predicted octanol–water partition coefficient (Wildman–Crippen LogP) is 3.95. The standard InChI is InChI=1S/C20H42O5/c1-2-3-4-5-6-7-8-9-10-11-12-13-14-15-16-17-18-19(21,22)20(23,24)25/h21-25H,2-18H2,1H3. The van der Waals surface area contributed by atoms with Gasteiger partial charge in [0.25, 0.3) is 0 Å². The highest BCUT2D eigenvalue weighted by molar-refractivity contribution is 4.72. The van der Waals surface area contributed by atoms with E-state index < -0.39 is 11.8 Å². The van der Waals surface area contributed by atoms with Crippen LogP contribution in [-0.2, 0) is 0 Å². The molecule has 152 valence electrons. The lowest BCUT2D eigenvalue weighted by Gasteiger charge is -2.29. The van der Waals surface area contributed by atoms with Gasteiger partial charge in [-0.05, 0) is 6.42 Å². The van der Waals surface area contributed by atoms with Crippen LogP contribution in [0.1, 0.15) is 116 Å². The van der Waals surface area contributed by atoms with Crippen LogP contribution in [0.3, 0.4) is 0 Å². The summed E-state index contributed by atoms with van der Waals surface area (Å²) in [5.41, 5.74) is 0. The van der Waals surface area contributed by atoms with Gasteiger partial charge in [0.2, 0.25) is 5.79 Å².